The van der Waals surface area contributed by atoms with Crippen LogP contribution in [0.25, 0.3) is 0 Å². The Morgan fingerprint density at radius 3 is 2.74 bits per heavy atom. The summed E-state index contributed by atoms with van der Waals surface area (Å²) < 4.78 is 0. The third-order valence-corrected chi connectivity index (χ3v) is 6.08. The van der Waals surface area contributed by atoms with Gasteiger partial charge >= 0.3 is 5.97 Å². The molecule has 2 N–H and O–H groups in total. The number of carbonyl (C=O) groups excluding carboxylic acids is 1. The van der Waals surface area contributed by atoms with E-state index in [1.165, 1.54) is 5.69 Å². The van der Waals surface area contributed by atoms with Crippen LogP contribution >= 0.6 is 0 Å². The van der Waals surface area contributed by atoms with Crippen molar-refractivity contribution in [3.8, 4) is 0 Å². The number of hydrogen-bond donors (Lipinski definition) is 2. The van der Waals surface area contributed by atoms with E-state index in [0.29, 0.717) is 12.8 Å². The van der Waals surface area contributed by atoms with Crippen LogP contribution in [0.3, 0.4) is 0 Å². The molecule has 2 heterocycles. The Bertz CT molecular complexity index is 635. The maximum Gasteiger partial charge on any atom is 0.306 e. The third kappa shape index (κ3) is 2.18. The molecular formula is C17H23N3O3. The van der Waals surface area contributed by atoms with Gasteiger partial charge in [0.2, 0.25) is 5.91 Å². The van der Waals surface area contributed by atoms with E-state index in [-0.39, 0.29) is 23.3 Å². The Morgan fingerprint density at radius 1 is 1.26 bits per heavy atom. The van der Waals surface area contributed by atoms with E-state index in [9.17, 15) is 14.7 Å². The maximum atomic E-state index is 13.2. The summed E-state index contributed by atoms with van der Waals surface area (Å²) in [6.07, 6.45) is 8.49. The fourth-order valence-corrected chi connectivity index (χ4v) is 4.68. The van der Waals surface area contributed by atoms with Crippen LogP contribution in [-0.4, -0.2) is 38.4 Å². The summed E-state index contributed by atoms with van der Waals surface area (Å²) in [5.41, 5.74) is 2.00. The van der Waals surface area contributed by atoms with Gasteiger partial charge in [0.15, 0.2) is 0 Å². The van der Waals surface area contributed by atoms with Crippen molar-refractivity contribution in [3.05, 3.63) is 17.7 Å². The lowest BCUT2D eigenvalue weighted by molar-refractivity contribution is -0.152. The average Bonchev–Trinajstić information content (AvgIpc) is 3.00. The Balaban J connectivity index is 1.58. The number of fused-ring (bicyclic) bond motifs is 2. The molecular weight excluding hydrogens is 294 g/mol. The normalized spacial score (nSPS) is 29.0. The number of aromatic amines is 1. The van der Waals surface area contributed by atoms with Gasteiger partial charge in [-0.1, -0.05) is 6.42 Å². The minimum Gasteiger partial charge on any atom is -0.481 e. The zero-order valence-electron chi connectivity index (χ0n) is 13.3. The number of carbonyl (C=O) groups is 2. The van der Waals surface area contributed by atoms with Gasteiger partial charge in [0.25, 0.3) is 0 Å². The van der Waals surface area contributed by atoms with E-state index in [4.69, 9.17) is 0 Å². The van der Waals surface area contributed by atoms with Crippen molar-refractivity contribution < 1.29 is 14.7 Å². The van der Waals surface area contributed by atoms with E-state index in [0.717, 1.165) is 50.8 Å². The molecule has 0 saturated heterocycles. The Hall–Kier alpha value is -1.85. The molecule has 1 aromatic heterocycles. The van der Waals surface area contributed by atoms with E-state index in [2.05, 4.69) is 9.97 Å². The summed E-state index contributed by atoms with van der Waals surface area (Å²) in [4.78, 5) is 34.2. The lowest BCUT2D eigenvalue weighted by Gasteiger charge is -2.53. The molecule has 2 saturated carbocycles. The predicted octanol–water partition coefficient (Wildman–Crippen LogP) is 2.06. The number of carboxylic acid groups (broad SMARTS) is 1. The highest BCUT2D eigenvalue weighted by atomic mass is 16.4. The topological polar surface area (TPSA) is 86.3 Å². The van der Waals surface area contributed by atoms with Crippen molar-refractivity contribution in [2.24, 2.45) is 11.8 Å². The molecule has 0 bridgehead atoms. The number of imidazole rings is 1. The van der Waals surface area contributed by atoms with Gasteiger partial charge in [-0.3, -0.25) is 9.59 Å². The quantitative estimate of drug-likeness (QED) is 0.874. The van der Waals surface area contributed by atoms with E-state index >= 15 is 0 Å². The molecule has 6 nitrogen and oxygen atoms in total. The van der Waals surface area contributed by atoms with Gasteiger partial charge in [-0.2, -0.15) is 0 Å². The fourth-order valence-electron chi connectivity index (χ4n) is 4.68. The summed E-state index contributed by atoms with van der Waals surface area (Å²) in [7, 11) is 0. The number of carboxylic acids is 1. The predicted molar refractivity (Wildman–Crippen MR) is 82.6 cm³/mol. The molecule has 3 aliphatic rings. The number of nitrogens with one attached hydrogen (secondary N) is 1. The molecule has 23 heavy (non-hydrogen) atoms. The van der Waals surface area contributed by atoms with Crippen LogP contribution in [-0.2, 0) is 21.5 Å². The van der Waals surface area contributed by atoms with E-state index < -0.39 is 5.97 Å². The highest BCUT2D eigenvalue weighted by Gasteiger charge is 2.52. The largest absolute Gasteiger partial charge is 0.481 e. The van der Waals surface area contributed by atoms with Gasteiger partial charge in [0.1, 0.15) is 0 Å². The molecule has 0 aromatic carbocycles. The monoisotopic (exact) mass is 317 g/mol. The molecule has 0 unspecified atom stereocenters. The van der Waals surface area contributed by atoms with Gasteiger partial charge in [0.05, 0.1) is 23.5 Å². The van der Waals surface area contributed by atoms with Crippen molar-refractivity contribution in [1.82, 2.24) is 14.9 Å². The van der Waals surface area contributed by atoms with E-state index in [1.807, 2.05) is 4.90 Å². The highest BCUT2D eigenvalue weighted by molar-refractivity contribution is 5.81. The van der Waals surface area contributed by atoms with Crippen molar-refractivity contribution in [1.29, 1.82) is 0 Å². The van der Waals surface area contributed by atoms with Crippen LogP contribution in [0.5, 0.6) is 0 Å². The molecule has 1 amide bonds. The number of rotatable bonds is 2. The molecule has 2 fully saturated rings. The first-order valence-corrected chi connectivity index (χ1v) is 8.69. The number of hydrogen-bond acceptors (Lipinski definition) is 3. The molecule has 2 atom stereocenters. The Kier molecular flexibility index (Phi) is 3.43. The van der Waals surface area contributed by atoms with Gasteiger partial charge in [0, 0.05) is 24.6 Å². The molecule has 1 spiro atoms. The summed E-state index contributed by atoms with van der Waals surface area (Å²) in [5.74, 6) is -1.10. The lowest BCUT2D eigenvalue weighted by atomic mass is 9.69. The first kappa shape index (κ1) is 14.7. The number of nitrogens with zero attached hydrogens (tertiary/aromatic N) is 2. The van der Waals surface area contributed by atoms with Gasteiger partial charge in [-0.05, 0) is 38.5 Å². The van der Waals surface area contributed by atoms with Crippen molar-refractivity contribution in [2.45, 2.75) is 56.9 Å². The first-order chi connectivity index (χ1) is 11.1. The molecule has 4 rings (SSSR count). The summed E-state index contributed by atoms with van der Waals surface area (Å²) >= 11 is 0. The standard InChI is InChI=1S/C17H23N3O3/c21-15(11-3-1-4-12(9-11)16(22)23)20-8-5-13-14(19-10-18-13)17(20)6-2-7-17/h10-12H,1-9H2,(H,18,19)(H,22,23)/t11-,12+/m0/s1. The van der Waals surface area contributed by atoms with Crippen LogP contribution in [0.2, 0.25) is 0 Å². The number of H-pyrrole nitrogens is 1. The minimum absolute atomic E-state index is 0.136. The van der Waals surface area contributed by atoms with Crippen molar-refractivity contribution in [3.63, 3.8) is 0 Å². The second-order valence-electron chi connectivity index (χ2n) is 7.25. The maximum absolute atomic E-state index is 13.2. The summed E-state index contributed by atoms with van der Waals surface area (Å²) in [6, 6.07) is 0. The fraction of sp³-hybridized carbons (Fsp3) is 0.706. The molecule has 124 valence electrons. The molecule has 0 radical (unpaired) electrons. The molecule has 1 aliphatic heterocycles. The van der Waals surface area contributed by atoms with Crippen LogP contribution in [0, 0.1) is 11.8 Å². The van der Waals surface area contributed by atoms with Crippen LogP contribution < -0.4 is 0 Å². The van der Waals surface area contributed by atoms with Crippen LogP contribution in [0.15, 0.2) is 6.33 Å². The molecule has 2 aliphatic carbocycles. The number of aliphatic carboxylic acids is 1. The zero-order valence-corrected chi connectivity index (χ0v) is 13.3. The number of aromatic nitrogens is 2. The first-order valence-electron chi connectivity index (χ1n) is 8.69. The van der Waals surface area contributed by atoms with Crippen molar-refractivity contribution in [2.75, 3.05) is 6.54 Å². The molecule has 6 heteroatoms. The zero-order chi connectivity index (χ0) is 16.0. The SMILES string of the molecule is O=C(O)[C@@H]1CCC[C@H](C(=O)N2CCc3[nH]cnc3C23CCC3)C1. The molecule has 1 aromatic rings. The second kappa shape index (κ2) is 5.35. The summed E-state index contributed by atoms with van der Waals surface area (Å²) in [6.45, 7) is 0.724. The lowest BCUT2D eigenvalue weighted by Crippen LogP contribution is -2.59. The smallest absolute Gasteiger partial charge is 0.306 e. The third-order valence-electron chi connectivity index (χ3n) is 6.08. The highest BCUT2D eigenvalue weighted by Crippen LogP contribution is 2.50. The summed E-state index contributed by atoms with van der Waals surface area (Å²) in [5, 5.41) is 9.27. The Morgan fingerprint density at radius 2 is 2.04 bits per heavy atom. The second-order valence-corrected chi connectivity index (χ2v) is 7.25. The Labute approximate surface area is 135 Å². The van der Waals surface area contributed by atoms with Gasteiger partial charge in [-0.15, -0.1) is 0 Å². The van der Waals surface area contributed by atoms with Crippen molar-refractivity contribution >= 4 is 11.9 Å². The number of amides is 1. The van der Waals surface area contributed by atoms with Crippen LogP contribution in [0.1, 0.15) is 56.3 Å². The average molecular weight is 317 g/mol. The van der Waals surface area contributed by atoms with E-state index in [1.54, 1.807) is 6.33 Å². The minimum atomic E-state index is -0.755. The van der Waals surface area contributed by atoms with Crippen LogP contribution in [0.4, 0.5) is 0 Å². The van der Waals surface area contributed by atoms with Gasteiger partial charge in [-0.25, -0.2) is 4.98 Å². The van der Waals surface area contributed by atoms with Gasteiger partial charge < -0.3 is 15.0 Å².